The summed E-state index contributed by atoms with van der Waals surface area (Å²) in [4.78, 5) is 0. The smallest absolute Gasteiger partial charge is 0.0179 e. The molecule has 2 rings (SSSR count). The molecule has 0 aromatic heterocycles. The van der Waals surface area contributed by atoms with E-state index >= 15 is 0 Å². The molecule has 2 atom stereocenters. The van der Waals surface area contributed by atoms with Crippen molar-refractivity contribution in [1.29, 1.82) is 0 Å². The molecule has 0 nitrogen and oxygen atoms in total. The van der Waals surface area contributed by atoms with Crippen molar-refractivity contribution in [1.82, 2.24) is 0 Å². The van der Waals surface area contributed by atoms with Gasteiger partial charge in [0.1, 0.15) is 0 Å². The molecule has 0 aromatic carbocycles. The molecule has 1 fully saturated rings. The van der Waals surface area contributed by atoms with Gasteiger partial charge in [-0.25, -0.2) is 0 Å². The first kappa shape index (κ1) is 12.6. The Hall–Kier alpha value is 0.170. The molecule has 1 heteroatoms. The summed E-state index contributed by atoms with van der Waals surface area (Å²) in [5, 5.41) is 2.34. The molecule has 0 N–H and O–H groups in total. The van der Waals surface area contributed by atoms with Crippen molar-refractivity contribution < 1.29 is 0 Å². The Balaban J connectivity index is 2.46. The maximum Gasteiger partial charge on any atom is 0.0179 e. The molecule has 0 amide bonds. The van der Waals surface area contributed by atoms with Gasteiger partial charge in [0.05, 0.1) is 0 Å². The lowest BCUT2D eigenvalue weighted by Gasteiger charge is -2.41. The summed E-state index contributed by atoms with van der Waals surface area (Å²) in [5.41, 5.74) is 1.43. The third-order valence-electron chi connectivity index (χ3n) is 5.47. The lowest BCUT2D eigenvalue weighted by Crippen LogP contribution is -2.38. The van der Waals surface area contributed by atoms with Gasteiger partial charge in [0, 0.05) is 10.6 Å². The highest BCUT2D eigenvalue weighted by molar-refractivity contribution is 7.43. The number of hydrogen-bond donors (Lipinski definition) is 0. The van der Waals surface area contributed by atoms with Crippen molar-refractivity contribution in [2.45, 2.75) is 72.9 Å². The summed E-state index contributed by atoms with van der Waals surface area (Å²) >= 11 is 0. The number of hydrogen-bond acceptors (Lipinski definition) is 0. The van der Waals surface area contributed by atoms with Gasteiger partial charge in [-0.1, -0.05) is 49.7 Å². The van der Waals surface area contributed by atoms with Crippen LogP contribution < -0.4 is 0 Å². The molecule has 16 heavy (non-hydrogen) atoms. The molecule has 1 saturated carbocycles. The van der Waals surface area contributed by atoms with Gasteiger partial charge in [0.25, 0.3) is 0 Å². The second kappa shape index (κ2) is 3.14. The maximum atomic E-state index is 2.44. The number of fused-ring (bicyclic) bond motifs is 2. The summed E-state index contributed by atoms with van der Waals surface area (Å²) in [6.45, 7) is 17.1. The fourth-order valence-corrected chi connectivity index (χ4v) is 6.21. The summed E-state index contributed by atoms with van der Waals surface area (Å²) in [6.07, 6.45) is 4.29. The zero-order valence-corrected chi connectivity index (χ0v) is 13.0. The largest absolute Gasteiger partial charge is 0.0976 e. The van der Waals surface area contributed by atoms with Crippen molar-refractivity contribution in [2.24, 2.45) is 16.2 Å². The monoisotopic (exact) mass is 238 g/mol. The lowest BCUT2D eigenvalue weighted by atomic mass is 9.62. The fourth-order valence-electron chi connectivity index (χ4n) is 3.92. The van der Waals surface area contributed by atoms with E-state index in [-0.39, 0.29) is 0 Å². The fraction of sp³-hybridized carbons (Fsp3) is 0.933. The van der Waals surface area contributed by atoms with Gasteiger partial charge in [-0.2, -0.15) is 0 Å². The highest BCUT2D eigenvalue weighted by Crippen LogP contribution is 2.70. The minimum atomic E-state index is 0.438. The van der Waals surface area contributed by atoms with Gasteiger partial charge in [0.2, 0.25) is 0 Å². The van der Waals surface area contributed by atoms with E-state index in [0.29, 0.717) is 21.4 Å². The average Bonchev–Trinajstić information content (AvgIpc) is 2.55. The van der Waals surface area contributed by atoms with Crippen LogP contribution in [0.2, 0.25) is 0 Å². The Bertz CT molecular complexity index is 339. The third-order valence-corrected chi connectivity index (χ3v) is 7.71. The first-order chi connectivity index (χ1) is 7.04. The second-order valence-electron chi connectivity index (χ2n) is 7.99. The molecule has 0 saturated heterocycles. The van der Waals surface area contributed by atoms with E-state index in [1.807, 2.05) is 0 Å². The van der Waals surface area contributed by atoms with Crippen LogP contribution in [-0.4, -0.2) is 10.4 Å². The van der Waals surface area contributed by atoms with Gasteiger partial charge in [-0.15, -0.1) is 0 Å². The third kappa shape index (κ3) is 1.38. The van der Waals surface area contributed by atoms with Crippen molar-refractivity contribution in [3.8, 4) is 0 Å². The summed E-state index contributed by atoms with van der Waals surface area (Å²) in [7, 11) is 1.66. The summed E-state index contributed by atoms with van der Waals surface area (Å²) < 4.78 is 0. The molecular weight excluding hydrogens is 211 g/mol. The van der Waals surface area contributed by atoms with Crippen LogP contribution in [0.3, 0.4) is 0 Å². The molecule has 92 valence electrons. The van der Waals surface area contributed by atoms with Crippen LogP contribution >= 0.6 is 8.20 Å². The standard InChI is InChI=1S/C15H27P/c1-11-14(12(2,3)4)8-9-15(10-14,16-11)13(5,6)7/h8-10H2,1-7H3. The van der Waals surface area contributed by atoms with Gasteiger partial charge < -0.3 is 0 Å². The van der Waals surface area contributed by atoms with Crippen molar-refractivity contribution >= 4 is 13.5 Å². The molecule has 2 aliphatic rings. The van der Waals surface area contributed by atoms with E-state index in [4.69, 9.17) is 0 Å². The van der Waals surface area contributed by atoms with Gasteiger partial charge in [0.15, 0.2) is 0 Å². The predicted octanol–water partition coefficient (Wildman–Crippen LogP) is 5.14. The quantitative estimate of drug-likeness (QED) is 0.513. The van der Waals surface area contributed by atoms with Crippen LogP contribution in [0.1, 0.15) is 67.7 Å². The molecular formula is C15H27P. The molecule has 2 bridgehead atoms. The lowest BCUT2D eigenvalue weighted by molar-refractivity contribution is 0.166. The molecule has 0 radical (unpaired) electrons. The zero-order valence-electron chi connectivity index (χ0n) is 12.1. The minimum absolute atomic E-state index is 0.438. The van der Waals surface area contributed by atoms with Gasteiger partial charge in [-0.05, 0) is 42.3 Å². The Kier molecular flexibility index (Phi) is 2.47. The van der Waals surface area contributed by atoms with E-state index in [0.717, 1.165) is 0 Å². The zero-order chi connectivity index (χ0) is 12.4. The van der Waals surface area contributed by atoms with E-state index in [2.05, 4.69) is 48.5 Å². The Morgan fingerprint density at radius 2 is 1.50 bits per heavy atom. The summed E-state index contributed by atoms with van der Waals surface area (Å²) in [5.74, 6) is 0. The van der Waals surface area contributed by atoms with E-state index in [9.17, 15) is 0 Å². The Morgan fingerprint density at radius 3 is 1.75 bits per heavy atom. The van der Waals surface area contributed by atoms with Crippen LogP contribution in [0.15, 0.2) is 0 Å². The molecule has 1 heterocycles. The van der Waals surface area contributed by atoms with Gasteiger partial charge in [-0.3, -0.25) is 0 Å². The van der Waals surface area contributed by atoms with Crippen LogP contribution in [-0.2, 0) is 0 Å². The first-order valence-corrected chi connectivity index (χ1v) is 7.51. The first-order valence-electron chi connectivity index (χ1n) is 6.61. The highest BCUT2D eigenvalue weighted by Gasteiger charge is 2.62. The molecule has 0 aromatic rings. The number of rotatable bonds is 0. The SMILES string of the molecule is CC1=PC2(C(C)(C)C)CCC1(C(C)(C)C)C2. The van der Waals surface area contributed by atoms with Crippen molar-refractivity contribution in [3.05, 3.63) is 0 Å². The molecule has 0 spiro atoms. The van der Waals surface area contributed by atoms with Crippen molar-refractivity contribution in [3.63, 3.8) is 0 Å². The molecule has 2 unspecified atom stereocenters. The van der Waals surface area contributed by atoms with Crippen LogP contribution in [0.25, 0.3) is 0 Å². The average molecular weight is 238 g/mol. The predicted molar refractivity (Wildman–Crippen MR) is 75.5 cm³/mol. The normalized spacial score (nSPS) is 40.1. The summed E-state index contributed by atoms with van der Waals surface area (Å²) in [6, 6.07) is 0. The van der Waals surface area contributed by atoms with Gasteiger partial charge >= 0.3 is 0 Å². The second-order valence-corrected chi connectivity index (χ2v) is 9.74. The van der Waals surface area contributed by atoms with Crippen LogP contribution in [0.5, 0.6) is 0 Å². The van der Waals surface area contributed by atoms with E-state index in [1.54, 1.807) is 13.5 Å². The minimum Gasteiger partial charge on any atom is -0.0976 e. The topological polar surface area (TPSA) is 0 Å². The van der Waals surface area contributed by atoms with E-state index in [1.165, 1.54) is 19.3 Å². The van der Waals surface area contributed by atoms with E-state index < -0.39 is 0 Å². The maximum absolute atomic E-state index is 2.44. The van der Waals surface area contributed by atoms with Crippen molar-refractivity contribution in [2.75, 3.05) is 0 Å². The molecule has 1 aliphatic heterocycles. The molecule has 1 aliphatic carbocycles. The highest BCUT2D eigenvalue weighted by atomic mass is 31.1. The van der Waals surface area contributed by atoms with Crippen LogP contribution in [0.4, 0.5) is 0 Å². The Labute approximate surface area is 103 Å². The van der Waals surface area contributed by atoms with Crippen LogP contribution in [0, 0.1) is 16.2 Å². The Morgan fingerprint density at radius 1 is 0.938 bits per heavy atom.